The van der Waals surface area contributed by atoms with Crippen molar-refractivity contribution in [3.8, 4) is 11.3 Å². The van der Waals surface area contributed by atoms with Gasteiger partial charge >= 0.3 is 0 Å². The topological polar surface area (TPSA) is 64.1 Å². The molecule has 0 bridgehead atoms. The number of aromatic nitrogens is 1. The third-order valence-electron chi connectivity index (χ3n) is 3.48. The molecule has 2 aromatic heterocycles. The van der Waals surface area contributed by atoms with Crippen molar-refractivity contribution in [1.82, 2.24) is 10.4 Å². The van der Waals surface area contributed by atoms with E-state index in [1.807, 2.05) is 31.2 Å². The second-order valence-electron chi connectivity index (χ2n) is 4.85. The van der Waals surface area contributed by atoms with Crippen LogP contribution in [0.2, 0.25) is 0 Å². The first-order valence-corrected chi connectivity index (χ1v) is 7.66. The highest BCUT2D eigenvalue weighted by Crippen LogP contribution is 2.26. The molecule has 4 nitrogen and oxygen atoms in total. The van der Waals surface area contributed by atoms with E-state index < -0.39 is 0 Å². The van der Waals surface area contributed by atoms with E-state index >= 15 is 0 Å². The molecule has 3 aromatic rings. The van der Waals surface area contributed by atoms with Crippen molar-refractivity contribution < 1.29 is 4.42 Å². The van der Waals surface area contributed by atoms with Crippen LogP contribution in [-0.4, -0.2) is 4.98 Å². The average molecular weight is 299 g/mol. The van der Waals surface area contributed by atoms with E-state index in [1.165, 1.54) is 0 Å². The van der Waals surface area contributed by atoms with Crippen molar-refractivity contribution in [2.45, 2.75) is 19.4 Å². The fourth-order valence-electron chi connectivity index (χ4n) is 2.34. The lowest BCUT2D eigenvalue weighted by Crippen LogP contribution is -2.29. The fraction of sp³-hybridized carbons (Fsp3) is 0.188. The van der Waals surface area contributed by atoms with E-state index in [0.29, 0.717) is 0 Å². The number of nitrogens with two attached hydrogens (primary N) is 1. The van der Waals surface area contributed by atoms with E-state index in [0.717, 1.165) is 34.0 Å². The van der Waals surface area contributed by atoms with Gasteiger partial charge in [0, 0.05) is 22.9 Å². The largest absolute Gasteiger partial charge is 0.469 e. The molecule has 0 saturated heterocycles. The monoisotopic (exact) mass is 299 g/mol. The number of nitrogens with zero attached hydrogens (tertiary/aromatic N) is 1. The van der Waals surface area contributed by atoms with Gasteiger partial charge in [-0.1, -0.05) is 30.3 Å². The van der Waals surface area contributed by atoms with Crippen LogP contribution < -0.4 is 11.3 Å². The van der Waals surface area contributed by atoms with Gasteiger partial charge in [0.15, 0.2) is 0 Å². The average Bonchev–Trinajstić information content (AvgIpc) is 3.15. The van der Waals surface area contributed by atoms with Crippen LogP contribution in [-0.2, 0) is 6.42 Å². The Morgan fingerprint density at radius 1 is 1.29 bits per heavy atom. The second kappa shape index (κ2) is 6.22. The maximum absolute atomic E-state index is 5.68. The van der Waals surface area contributed by atoms with E-state index in [1.54, 1.807) is 17.6 Å². The summed E-state index contributed by atoms with van der Waals surface area (Å²) in [5, 5.41) is 3.14. The lowest BCUT2D eigenvalue weighted by molar-refractivity contribution is 0.501. The molecule has 0 saturated carbocycles. The van der Waals surface area contributed by atoms with Crippen LogP contribution in [0.15, 0.2) is 52.5 Å². The van der Waals surface area contributed by atoms with E-state index in [4.69, 9.17) is 15.2 Å². The molecule has 108 valence electrons. The summed E-state index contributed by atoms with van der Waals surface area (Å²) in [4.78, 5) is 4.70. The predicted octanol–water partition coefficient (Wildman–Crippen LogP) is 3.46. The van der Waals surface area contributed by atoms with Crippen molar-refractivity contribution in [3.05, 3.63) is 64.4 Å². The third-order valence-corrected chi connectivity index (χ3v) is 4.35. The number of rotatable bonds is 5. The summed E-state index contributed by atoms with van der Waals surface area (Å²) in [6, 6.07) is 12.1. The zero-order valence-electron chi connectivity index (χ0n) is 11.7. The molecule has 2 heterocycles. The molecule has 0 radical (unpaired) electrons. The molecule has 0 aliphatic carbocycles. The minimum absolute atomic E-state index is 0.0125. The van der Waals surface area contributed by atoms with E-state index in [9.17, 15) is 0 Å². The summed E-state index contributed by atoms with van der Waals surface area (Å²) in [7, 11) is 0. The first-order chi connectivity index (χ1) is 10.3. The van der Waals surface area contributed by atoms with Gasteiger partial charge in [0.2, 0.25) is 0 Å². The van der Waals surface area contributed by atoms with Gasteiger partial charge in [0.05, 0.1) is 23.0 Å². The maximum atomic E-state index is 5.68. The zero-order chi connectivity index (χ0) is 14.7. The minimum atomic E-state index is 0.0125. The molecule has 5 heteroatoms. The maximum Gasteiger partial charge on any atom is 0.105 e. The van der Waals surface area contributed by atoms with Crippen molar-refractivity contribution >= 4 is 11.3 Å². The van der Waals surface area contributed by atoms with Gasteiger partial charge in [-0.3, -0.25) is 11.3 Å². The molecule has 3 N–H and O–H groups in total. The highest BCUT2D eigenvalue weighted by atomic mass is 32.1. The molecule has 21 heavy (non-hydrogen) atoms. The Kier molecular flexibility index (Phi) is 4.15. The number of hydrazine groups is 1. The van der Waals surface area contributed by atoms with Gasteiger partial charge < -0.3 is 4.42 Å². The van der Waals surface area contributed by atoms with Crippen LogP contribution in [0, 0.1) is 6.92 Å². The van der Waals surface area contributed by atoms with Crippen molar-refractivity contribution in [2.24, 2.45) is 5.84 Å². The van der Waals surface area contributed by atoms with E-state index in [-0.39, 0.29) is 6.04 Å². The summed E-state index contributed by atoms with van der Waals surface area (Å²) in [6.45, 7) is 1.94. The fourth-order valence-corrected chi connectivity index (χ4v) is 3.19. The Balaban J connectivity index is 1.79. The first kappa shape index (κ1) is 14.0. The van der Waals surface area contributed by atoms with Crippen LogP contribution in [0.1, 0.15) is 22.4 Å². The highest BCUT2D eigenvalue weighted by Gasteiger charge is 2.17. The number of furan rings is 1. The van der Waals surface area contributed by atoms with Crippen molar-refractivity contribution in [1.29, 1.82) is 0 Å². The molecule has 0 aliphatic heterocycles. The number of aryl methyl sites for hydroxylation is 1. The minimum Gasteiger partial charge on any atom is -0.469 e. The lowest BCUT2D eigenvalue weighted by atomic mass is 10.1. The van der Waals surface area contributed by atoms with Crippen LogP contribution in [0.3, 0.4) is 0 Å². The SMILES string of the molecule is Cc1occc1C(Cc1nc(-c2ccccc2)cs1)NN. The summed E-state index contributed by atoms with van der Waals surface area (Å²) in [6.07, 6.45) is 2.43. The molecule has 0 aliphatic rings. The summed E-state index contributed by atoms with van der Waals surface area (Å²) >= 11 is 1.65. The molecule has 0 spiro atoms. The smallest absolute Gasteiger partial charge is 0.105 e. The van der Waals surface area contributed by atoms with Crippen LogP contribution in [0.5, 0.6) is 0 Å². The van der Waals surface area contributed by atoms with Crippen molar-refractivity contribution in [2.75, 3.05) is 0 Å². The summed E-state index contributed by atoms with van der Waals surface area (Å²) < 4.78 is 5.35. The van der Waals surface area contributed by atoms with E-state index in [2.05, 4.69) is 22.9 Å². The third kappa shape index (κ3) is 3.05. The molecule has 1 aromatic carbocycles. The normalized spacial score (nSPS) is 12.5. The number of hydrogen-bond donors (Lipinski definition) is 2. The van der Waals surface area contributed by atoms with Crippen molar-refractivity contribution in [3.63, 3.8) is 0 Å². The van der Waals surface area contributed by atoms with Gasteiger partial charge in [0.25, 0.3) is 0 Å². The molecular weight excluding hydrogens is 282 g/mol. The summed E-state index contributed by atoms with van der Waals surface area (Å²) in [5.41, 5.74) is 6.07. The Hall–Kier alpha value is -1.95. The summed E-state index contributed by atoms with van der Waals surface area (Å²) in [5.74, 6) is 6.57. The molecular formula is C16H17N3OS. The highest BCUT2D eigenvalue weighted by molar-refractivity contribution is 7.09. The quantitative estimate of drug-likeness (QED) is 0.559. The molecule has 1 atom stereocenters. The molecule has 1 unspecified atom stereocenters. The molecule has 0 amide bonds. The second-order valence-corrected chi connectivity index (χ2v) is 5.79. The molecule has 0 fully saturated rings. The Morgan fingerprint density at radius 2 is 2.10 bits per heavy atom. The number of hydrogen-bond acceptors (Lipinski definition) is 5. The van der Waals surface area contributed by atoms with Gasteiger partial charge in [-0.15, -0.1) is 11.3 Å². The number of nitrogens with one attached hydrogen (secondary N) is 1. The Labute approximate surface area is 127 Å². The predicted molar refractivity (Wildman–Crippen MR) is 84.8 cm³/mol. The number of thiazole rings is 1. The molecule has 3 rings (SSSR count). The van der Waals surface area contributed by atoms with Gasteiger partial charge in [-0.25, -0.2) is 4.98 Å². The lowest BCUT2D eigenvalue weighted by Gasteiger charge is -2.13. The first-order valence-electron chi connectivity index (χ1n) is 6.78. The Morgan fingerprint density at radius 3 is 2.76 bits per heavy atom. The van der Waals surface area contributed by atoms with Gasteiger partial charge in [0.1, 0.15) is 5.76 Å². The van der Waals surface area contributed by atoms with Crippen LogP contribution >= 0.6 is 11.3 Å². The Bertz CT molecular complexity index is 705. The zero-order valence-corrected chi connectivity index (χ0v) is 12.6. The van der Waals surface area contributed by atoms with Crippen LogP contribution in [0.4, 0.5) is 0 Å². The van der Waals surface area contributed by atoms with Crippen LogP contribution in [0.25, 0.3) is 11.3 Å². The van der Waals surface area contributed by atoms with Gasteiger partial charge in [-0.2, -0.15) is 0 Å². The van der Waals surface area contributed by atoms with Gasteiger partial charge in [-0.05, 0) is 13.0 Å². The number of benzene rings is 1. The standard InChI is InChI=1S/C16H17N3OS/c1-11-13(7-8-20-11)14(19-17)9-16-18-15(10-21-16)12-5-3-2-4-6-12/h2-8,10,14,19H,9,17H2,1H3.